The molecule has 2 heterocycles. The van der Waals surface area contributed by atoms with Crippen molar-refractivity contribution < 1.29 is 14.7 Å². The summed E-state index contributed by atoms with van der Waals surface area (Å²) < 4.78 is 1.58. The van der Waals surface area contributed by atoms with Crippen LogP contribution in [-0.4, -0.2) is 38.2 Å². The second-order valence-corrected chi connectivity index (χ2v) is 5.56. The zero-order valence-corrected chi connectivity index (χ0v) is 12.5. The van der Waals surface area contributed by atoms with Crippen LogP contribution in [0.25, 0.3) is 0 Å². The van der Waals surface area contributed by atoms with Crippen LogP contribution in [0.3, 0.4) is 0 Å². The van der Waals surface area contributed by atoms with E-state index in [0.29, 0.717) is 18.8 Å². The normalized spacial score (nSPS) is 13.8. The van der Waals surface area contributed by atoms with Crippen molar-refractivity contribution in [3.05, 3.63) is 52.3 Å². The molecule has 0 atom stereocenters. The van der Waals surface area contributed by atoms with Gasteiger partial charge in [0.25, 0.3) is 5.91 Å². The van der Waals surface area contributed by atoms with Gasteiger partial charge >= 0.3 is 5.97 Å². The van der Waals surface area contributed by atoms with Crippen molar-refractivity contribution in [1.82, 2.24) is 14.7 Å². The number of amides is 1. The van der Waals surface area contributed by atoms with Crippen molar-refractivity contribution in [2.24, 2.45) is 7.05 Å². The van der Waals surface area contributed by atoms with Gasteiger partial charge in [0, 0.05) is 20.1 Å². The molecule has 0 saturated carbocycles. The molecule has 1 aliphatic rings. The number of hydrogen-bond acceptors (Lipinski definition) is 3. The molecule has 22 heavy (non-hydrogen) atoms. The van der Waals surface area contributed by atoms with Gasteiger partial charge in [-0.3, -0.25) is 9.48 Å². The monoisotopic (exact) mass is 299 g/mol. The summed E-state index contributed by atoms with van der Waals surface area (Å²) in [5, 5.41) is 13.3. The van der Waals surface area contributed by atoms with E-state index >= 15 is 0 Å². The summed E-state index contributed by atoms with van der Waals surface area (Å²) in [4.78, 5) is 25.4. The number of carbonyl (C=O) groups excluding carboxylic acids is 1. The number of hydrogen-bond donors (Lipinski definition) is 1. The van der Waals surface area contributed by atoms with E-state index in [-0.39, 0.29) is 11.5 Å². The van der Waals surface area contributed by atoms with Crippen LogP contribution in [0.5, 0.6) is 0 Å². The maximum absolute atomic E-state index is 12.6. The summed E-state index contributed by atoms with van der Waals surface area (Å²) in [6.07, 6.45) is 0.734. The Labute approximate surface area is 128 Å². The van der Waals surface area contributed by atoms with E-state index in [4.69, 9.17) is 5.11 Å². The second kappa shape index (κ2) is 5.29. The van der Waals surface area contributed by atoms with E-state index in [9.17, 15) is 9.59 Å². The number of nitrogens with zero attached hydrogens (tertiary/aromatic N) is 3. The summed E-state index contributed by atoms with van der Waals surface area (Å²) in [7, 11) is 1.75. The first-order valence-corrected chi connectivity index (χ1v) is 7.10. The number of rotatable bonds is 2. The van der Waals surface area contributed by atoms with Gasteiger partial charge in [-0.1, -0.05) is 6.07 Å². The zero-order chi connectivity index (χ0) is 15.9. The Hall–Kier alpha value is -2.63. The summed E-state index contributed by atoms with van der Waals surface area (Å²) in [5.74, 6) is -1.03. The van der Waals surface area contributed by atoms with Crippen molar-refractivity contribution in [1.29, 1.82) is 0 Å². The summed E-state index contributed by atoms with van der Waals surface area (Å²) in [6, 6.07) is 6.88. The second-order valence-electron chi connectivity index (χ2n) is 5.56. The highest BCUT2D eigenvalue weighted by atomic mass is 16.4. The number of fused-ring (bicyclic) bond motifs is 1. The van der Waals surface area contributed by atoms with Gasteiger partial charge in [0.05, 0.1) is 11.3 Å². The number of aromatic nitrogens is 2. The molecule has 0 spiro atoms. The van der Waals surface area contributed by atoms with Gasteiger partial charge in [-0.25, -0.2) is 4.79 Å². The lowest BCUT2D eigenvalue weighted by atomic mass is 9.97. The van der Waals surface area contributed by atoms with Crippen molar-refractivity contribution in [2.75, 3.05) is 6.54 Å². The molecule has 0 saturated heterocycles. The van der Waals surface area contributed by atoms with Crippen LogP contribution < -0.4 is 0 Å². The first-order chi connectivity index (χ1) is 10.5. The van der Waals surface area contributed by atoms with Crippen molar-refractivity contribution in [3.8, 4) is 0 Å². The van der Waals surface area contributed by atoms with E-state index in [2.05, 4.69) is 5.10 Å². The number of benzene rings is 1. The van der Waals surface area contributed by atoms with Crippen LogP contribution in [0.15, 0.2) is 24.3 Å². The SMILES string of the molecule is Cc1cc(C(=O)N2CCc3ccc(C(=O)O)cc3C2)n(C)n1. The summed E-state index contributed by atoms with van der Waals surface area (Å²) >= 11 is 0. The highest BCUT2D eigenvalue weighted by Crippen LogP contribution is 2.22. The Morgan fingerprint density at radius 2 is 2.00 bits per heavy atom. The van der Waals surface area contributed by atoms with Crippen LogP contribution in [0.4, 0.5) is 0 Å². The Morgan fingerprint density at radius 1 is 1.23 bits per heavy atom. The Kier molecular flexibility index (Phi) is 3.44. The van der Waals surface area contributed by atoms with E-state index in [0.717, 1.165) is 23.2 Å². The lowest BCUT2D eigenvalue weighted by Gasteiger charge is -2.29. The van der Waals surface area contributed by atoms with E-state index in [1.807, 2.05) is 13.0 Å². The van der Waals surface area contributed by atoms with Crippen LogP contribution >= 0.6 is 0 Å². The molecule has 0 fully saturated rings. The van der Waals surface area contributed by atoms with Gasteiger partial charge in [-0.05, 0) is 42.7 Å². The first kappa shape index (κ1) is 14.3. The zero-order valence-electron chi connectivity index (χ0n) is 12.5. The van der Waals surface area contributed by atoms with E-state index in [1.54, 1.807) is 34.8 Å². The van der Waals surface area contributed by atoms with Crippen LogP contribution in [0, 0.1) is 6.92 Å². The minimum Gasteiger partial charge on any atom is -0.478 e. The molecule has 1 aromatic heterocycles. The standard InChI is InChI=1S/C16H17N3O3/c1-10-7-14(18(2)17-10)15(20)19-6-5-11-3-4-12(16(21)22)8-13(11)9-19/h3-4,7-8H,5-6,9H2,1-2H3,(H,21,22). The predicted molar refractivity (Wildman–Crippen MR) is 79.8 cm³/mol. The molecule has 0 unspecified atom stereocenters. The molecule has 6 heteroatoms. The minimum absolute atomic E-state index is 0.0746. The molecule has 1 aliphatic heterocycles. The highest BCUT2D eigenvalue weighted by Gasteiger charge is 2.24. The number of aromatic carboxylic acids is 1. The molecule has 1 N–H and O–H groups in total. The number of aryl methyl sites for hydroxylation is 2. The quantitative estimate of drug-likeness (QED) is 0.914. The average molecular weight is 299 g/mol. The average Bonchev–Trinajstić information content (AvgIpc) is 2.84. The van der Waals surface area contributed by atoms with Gasteiger partial charge in [-0.2, -0.15) is 5.10 Å². The number of carboxylic acids is 1. The van der Waals surface area contributed by atoms with Gasteiger partial charge < -0.3 is 10.0 Å². The van der Waals surface area contributed by atoms with E-state index < -0.39 is 5.97 Å². The molecular formula is C16H17N3O3. The molecule has 0 bridgehead atoms. The van der Waals surface area contributed by atoms with Crippen LogP contribution in [-0.2, 0) is 20.0 Å². The van der Waals surface area contributed by atoms with Crippen molar-refractivity contribution >= 4 is 11.9 Å². The lowest BCUT2D eigenvalue weighted by Crippen LogP contribution is -2.37. The molecule has 0 radical (unpaired) electrons. The van der Waals surface area contributed by atoms with Crippen LogP contribution in [0.2, 0.25) is 0 Å². The molecule has 1 aromatic carbocycles. The summed E-state index contributed by atoms with van der Waals surface area (Å²) in [6.45, 7) is 2.91. The smallest absolute Gasteiger partial charge is 0.335 e. The third-order valence-electron chi connectivity index (χ3n) is 3.97. The Morgan fingerprint density at radius 3 is 2.64 bits per heavy atom. The number of carboxylic acid groups (broad SMARTS) is 1. The molecule has 0 aliphatic carbocycles. The molecule has 6 nitrogen and oxygen atoms in total. The first-order valence-electron chi connectivity index (χ1n) is 7.10. The minimum atomic E-state index is -0.950. The topological polar surface area (TPSA) is 75.4 Å². The largest absolute Gasteiger partial charge is 0.478 e. The predicted octanol–water partition coefficient (Wildman–Crippen LogP) is 1.63. The van der Waals surface area contributed by atoms with Crippen molar-refractivity contribution in [3.63, 3.8) is 0 Å². The third-order valence-corrected chi connectivity index (χ3v) is 3.97. The fraction of sp³-hybridized carbons (Fsp3) is 0.312. The highest BCUT2D eigenvalue weighted by molar-refractivity contribution is 5.93. The van der Waals surface area contributed by atoms with E-state index in [1.165, 1.54) is 0 Å². The molecule has 114 valence electrons. The lowest BCUT2D eigenvalue weighted by molar-refractivity contribution is 0.0696. The Balaban J connectivity index is 1.87. The van der Waals surface area contributed by atoms with Gasteiger partial charge in [0.1, 0.15) is 5.69 Å². The molecule has 1 amide bonds. The molecule has 3 rings (SSSR count). The van der Waals surface area contributed by atoms with Gasteiger partial charge in [0.2, 0.25) is 0 Å². The fourth-order valence-corrected chi connectivity index (χ4v) is 2.84. The van der Waals surface area contributed by atoms with Gasteiger partial charge in [-0.15, -0.1) is 0 Å². The van der Waals surface area contributed by atoms with Gasteiger partial charge in [0.15, 0.2) is 0 Å². The van der Waals surface area contributed by atoms with Crippen LogP contribution in [0.1, 0.15) is 37.7 Å². The maximum atomic E-state index is 12.6. The Bertz CT molecular complexity index is 764. The third kappa shape index (κ3) is 2.47. The maximum Gasteiger partial charge on any atom is 0.335 e. The molecule has 2 aromatic rings. The number of carbonyl (C=O) groups is 2. The summed E-state index contributed by atoms with van der Waals surface area (Å²) in [5.41, 5.74) is 3.62. The van der Waals surface area contributed by atoms with Crippen molar-refractivity contribution in [2.45, 2.75) is 19.9 Å². The molecular weight excluding hydrogens is 282 g/mol. The fourth-order valence-electron chi connectivity index (χ4n) is 2.84.